The fourth-order valence-corrected chi connectivity index (χ4v) is 4.45. The molecule has 4 N–H and O–H groups in total. The van der Waals surface area contributed by atoms with Crippen molar-refractivity contribution in [2.24, 2.45) is 0 Å². The number of rotatable bonds is 12. The van der Waals surface area contributed by atoms with Gasteiger partial charge in [-0.1, -0.05) is 48.5 Å². The number of ketones is 1. The Morgan fingerprint density at radius 1 is 0.522 bits per heavy atom. The first-order valence-electron chi connectivity index (χ1n) is 13.6. The first kappa shape index (κ1) is 34.4. The lowest BCUT2D eigenvalue weighted by Gasteiger charge is -2.29. The van der Waals surface area contributed by atoms with Gasteiger partial charge in [0, 0.05) is 12.8 Å². The summed E-state index contributed by atoms with van der Waals surface area (Å²) >= 11 is 0. The summed E-state index contributed by atoms with van der Waals surface area (Å²) in [6, 6.07) is 20.2. The molecule has 0 fully saturated rings. The van der Waals surface area contributed by atoms with Crippen molar-refractivity contribution in [3.05, 3.63) is 130 Å². The summed E-state index contributed by atoms with van der Waals surface area (Å²) < 4.78 is 87.7. The van der Waals surface area contributed by atoms with Crippen molar-refractivity contribution >= 4 is 5.78 Å². The molecule has 244 valence electrons. The minimum Gasteiger partial charge on any atom is -0.489 e. The number of halogens is 6. The van der Waals surface area contributed by atoms with Gasteiger partial charge < -0.3 is 29.9 Å². The highest BCUT2D eigenvalue weighted by atomic mass is 19.4. The van der Waals surface area contributed by atoms with Crippen LogP contribution in [0.3, 0.4) is 0 Å². The van der Waals surface area contributed by atoms with Crippen molar-refractivity contribution in [3.63, 3.8) is 0 Å². The first-order valence-corrected chi connectivity index (χ1v) is 13.6. The molecular weight excluding hydrogens is 622 g/mol. The van der Waals surface area contributed by atoms with E-state index in [0.29, 0.717) is 11.1 Å². The Kier molecular flexibility index (Phi) is 10.1. The van der Waals surface area contributed by atoms with E-state index in [9.17, 15) is 51.6 Å². The van der Waals surface area contributed by atoms with E-state index < -0.39 is 53.7 Å². The van der Waals surface area contributed by atoms with Gasteiger partial charge in [0.05, 0.1) is 11.1 Å². The summed E-state index contributed by atoms with van der Waals surface area (Å²) in [7, 11) is 0. The second-order valence-electron chi connectivity index (χ2n) is 10.6. The predicted octanol–water partition coefficient (Wildman–Crippen LogP) is 5.60. The molecule has 0 amide bonds. The Bertz CT molecular complexity index is 1510. The quantitative estimate of drug-likeness (QED) is 0.117. The number of alkyl halides is 6. The number of ether oxygens (including phenoxy) is 2. The molecule has 0 aliphatic rings. The van der Waals surface area contributed by atoms with Crippen LogP contribution in [0.5, 0.6) is 11.5 Å². The summed E-state index contributed by atoms with van der Waals surface area (Å²) in [6.45, 7) is -0.207. The molecule has 0 atom stereocenters. The van der Waals surface area contributed by atoms with Crippen LogP contribution in [0.25, 0.3) is 0 Å². The molecule has 0 saturated heterocycles. The Labute approximate surface area is 258 Å². The highest BCUT2D eigenvalue weighted by Crippen LogP contribution is 2.31. The van der Waals surface area contributed by atoms with Crippen molar-refractivity contribution in [3.8, 4) is 11.5 Å². The Hall–Kier alpha value is -4.43. The summed E-state index contributed by atoms with van der Waals surface area (Å²) in [5, 5.41) is 42.1. The van der Waals surface area contributed by atoms with Gasteiger partial charge in [0.25, 0.3) is 5.78 Å². The summed E-state index contributed by atoms with van der Waals surface area (Å²) in [5.41, 5.74) is -0.424. The van der Waals surface area contributed by atoms with E-state index in [-0.39, 0.29) is 35.8 Å². The Balaban J connectivity index is 1.35. The molecule has 0 spiro atoms. The van der Waals surface area contributed by atoms with Crippen LogP contribution >= 0.6 is 0 Å². The molecule has 0 radical (unpaired) electrons. The Morgan fingerprint density at radius 2 is 0.870 bits per heavy atom. The zero-order valence-corrected chi connectivity index (χ0v) is 23.8. The van der Waals surface area contributed by atoms with E-state index in [1.807, 2.05) is 0 Å². The van der Waals surface area contributed by atoms with E-state index in [1.54, 1.807) is 0 Å². The molecular formula is C33H28F6O7. The molecule has 0 bridgehead atoms. The van der Waals surface area contributed by atoms with Gasteiger partial charge in [0.15, 0.2) is 0 Å². The van der Waals surface area contributed by atoms with Crippen molar-refractivity contribution in [1.82, 2.24) is 0 Å². The number of hydrogen-bond acceptors (Lipinski definition) is 7. The summed E-state index contributed by atoms with van der Waals surface area (Å²) in [6.07, 6.45) is -10.5. The van der Waals surface area contributed by atoms with Crippen LogP contribution < -0.4 is 9.47 Å². The van der Waals surface area contributed by atoms with Crippen LogP contribution in [-0.4, -0.2) is 37.8 Å². The standard InChI is InChI=1S/C33H28F6O7/c34-32(35,36)25-11-7-21(8-12-25)19-45-27-5-1-3-23(15-27)17-30(41,42)29(40)31(43,44)18-24-4-2-6-28(16-24)46-20-22-9-13-26(14-10-22)33(37,38)39/h1-16,41-44H,17-20H2. The fraction of sp³-hybridized carbons (Fsp3) is 0.242. The lowest BCUT2D eigenvalue weighted by Crippen LogP contribution is -2.55. The largest absolute Gasteiger partial charge is 0.489 e. The van der Waals surface area contributed by atoms with Gasteiger partial charge in [-0.05, 0) is 70.8 Å². The maximum Gasteiger partial charge on any atom is 0.416 e. The number of hydrogen-bond donors (Lipinski definition) is 4. The van der Waals surface area contributed by atoms with Crippen molar-refractivity contribution < 1.29 is 61.0 Å². The zero-order valence-electron chi connectivity index (χ0n) is 23.8. The molecule has 13 heteroatoms. The molecule has 7 nitrogen and oxygen atoms in total. The number of benzene rings is 4. The van der Waals surface area contributed by atoms with Crippen molar-refractivity contribution in [1.29, 1.82) is 0 Å². The average molecular weight is 651 g/mol. The molecule has 0 aliphatic carbocycles. The summed E-state index contributed by atoms with van der Waals surface area (Å²) in [5.74, 6) is -7.77. The van der Waals surface area contributed by atoms with Gasteiger partial charge in [0.2, 0.25) is 11.6 Å². The molecule has 0 aromatic heterocycles. The van der Waals surface area contributed by atoms with Gasteiger partial charge in [-0.3, -0.25) is 4.79 Å². The first-order chi connectivity index (χ1) is 21.4. The minimum atomic E-state index is -4.48. The zero-order chi connectivity index (χ0) is 33.8. The van der Waals surface area contributed by atoms with Crippen molar-refractivity contribution in [2.45, 2.75) is 50.0 Å². The van der Waals surface area contributed by atoms with E-state index in [0.717, 1.165) is 24.3 Å². The van der Waals surface area contributed by atoms with E-state index in [2.05, 4.69) is 0 Å². The smallest absolute Gasteiger partial charge is 0.416 e. The van der Waals surface area contributed by atoms with Gasteiger partial charge in [0.1, 0.15) is 24.7 Å². The third-order valence-electron chi connectivity index (χ3n) is 6.80. The van der Waals surface area contributed by atoms with Crippen LogP contribution in [0.2, 0.25) is 0 Å². The minimum absolute atomic E-state index is 0.104. The molecule has 4 aromatic carbocycles. The van der Waals surface area contributed by atoms with Crippen LogP contribution in [0.15, 0.2) is 97.1 Å². The monoisotopic (exact) mass is 650 g/mol. The number of carbonyl (C=O) groups is 1. The topological polar surface area (TPSA) is 116 Å². The SMILES string of the molecule is O=C(C(O)(O)Cc1cccc(OCc2ccc(C(F)(F)F)cc2)c1)C(O)(O)Cc1cccc(OCc2ccc(C(F)(F)F)cc2)c1. The third kappa shape index (κ3) is 9.30. The predicted molar refractivity (Wildman–Crippen MR) is 151 cm³/mol. The van der Waals surface area contributed by atoms with Crippen LogP contribution in [0.4, 0.5) is 26.3 Å². The van der Waals surface area contributed by atoms with E-state index >= 15 is 0 Å². The summed E-state index contributed by atoms with van der Waals surface area (Å²) in [4.78, 5) is 12.9. The normalized spacial score (nSPS) is 12.6. The number of aliphatic hydroxyl groups is 4. The molecule has 46 heavy (non-hydrogen) atoms. The third-order valence-corrected chi connectivity index (χ3v) is 6.80. The molecule has 0 saturated carbocycles. The lowest BCUT2D eigenvalue weighted by molar-refractivity contribution is -0.230. The molecule has 4 rings (SSSR count). The highest BCUT2D eigenvalue weighted by Gasteiger charge is 2.47. The number of carbonyl (C=O) groups excluding carboxylic acids is 1. The van der Waals surface area contributed by atoms with Gasteiger partial charge in [-0.15, -0.1) is 0 Å². The fourth-order valence-electron chi connectivity index (χ4n) is 4.45. The maximum absolute atomic E-state index is 12.9. The van der Waals surface area contributed by atoms with Crippen LogP contribution in [0.1, 0.15) is 33.4 Å². The average Bonchev–Trinajstić information content (AvgIpc) is 2.98. The molecule has 0 aliphatic heterocycles. The van der Waals surface area contributed by atoms with E-state index in [1.165, 1.54) is 72.8 Å². The second-order valence-corrected chi connectivity index (χ2v) is 10.6. The van der Waals surface area contributed by atoms with Crippen molar-refractivity contribution in [2.75, 3.05) is 0 Å². The Morgan fingerprint density at radius 3 is 1.20 bits per heavy atom. The molecule has 0 heterocycles. The van der Waals surface area contributed by atoms with Crippen LogP contribution in [0, 0.1) is 0 Å². The molecule has 0 unspecified atom stereocenters. The number of Topliss-reactive ketones (excluding diaryl/α,β-unsaturated/α-hetero) is 1. The second kappa shape index (κ2) is 13.5. The lowest BCUT2D eigenvalue weighted by atomic mass is 9.92. The molecule has 4 aromatic rings. The van der Waals surface area contributed by atoms with Crippen LogP contribution in [-0.2, 0) is 43.2 Å². The van der Waals surface area contributed by atoms with Gasteiger partial charge in [-0.25, -0.2) is 0 Å². The van der Waals surface area contributed by atoms with Gasteiger partial charge in [-0.2, -0.15) is 26.3 Å². The van der Waals surface area contributed by atoms with E-state index in [4.69, 9.17) is 9.47 Å². The highest BCUT2D eigenvalue weighted by molar-refractivity contribution is 5.92. The van der Waals surface area contributed by atoms with Gasteiger partial charge >= 0.3 is 12.4 Å². The maximum atomic E-state index is 12.9.